The third-order valence-electron chi connectivity index (χ3n) is 5.54. The maximum atomic E-state index is 9.95. The van der Waals surface area contributed by atoms with Gasteiger partial charge in [0.05, 0.1) is 0 Å². The van der Waals surface area contributed by atoms with Crippen molar-refractivity contribution in [3.8, 4) is 16.9 Å². The molecule has 0 spiro atoms. The Bertz CT molecular complexity index is 953. The number of phenolic OH excluding ortho intramolecular Hbond substituents is 1. The molecule has 1 saturated carbocycles. The van der Waals surface area contributed by atoms with Crippen molar-refractivity contribution in [1.29, 1.82) is 0 Å². The molecule has 0 radical (unpaired) electrons. The number of aromatic hydroxyl groups is 1. The summed E-state index contributed by atoms with van der Waals surface area (Å²) in [6.07, 6.45) is 7.65. The summed E-state index contributed by atoms with van der Waals surface area (Å²) >= 11 is 0. The highest BCUT2D eigenvalue weighted by molar-refractivity contribution is 5.66. The standard InChI is InChI=1S/C25H30N4O/c1-2-13-29(18-19-11-12-19)25-27-16-22(17-28-25)23-9-5-3-7-20(23)14-26-15-21-8-4-6-10-24(21)30/h3-10,16-17,19,26,30H,2,11-15,18H2,1H3. The molecule has 0 bridgehead atoms. The molecule has 2 N–H and O–H groups in total. The molecule has 156 valence electrons. The van der Waals surface area contributed by atoms with E-state index in [1.165, 1.54) is 18.4 Å². The third-order valence-corrected chi connectivity index (χ3v) is 5.54. The second-order valence-electron chi connectivity index (χ2n) is 8.05. The lowest BCUT2D eigenvalue weighted by atomic mass is 10.0. The highest BCUT2D eigenvalue weighted by Gasteiger charge is 2.25. The molecular formula is C25H30N4O. The fourth-order valence-corrected chi connectivity index (χ4v) is 3.73. The van der Waals surface area contributed by atoms with E-state index in [4.69, 9.17) is 9.97 Å². The molecule has 2 aromatic carbocycles. The van der Waals surface area contributed by atoms with Gasteiger partial charge in [-0.05, 0) is 42.4 Å². The van der Waals surface area contributed by atoms with Crippen molar-refractivity contribution >= 4 is 5.95 Å². The zero-order valence-electron chi connectivity index (χ0n) is 17.6. The van der Waals surface area contributed by atoms with Gasteiger partial charge in [0.15, 0.2) is 0 Å². The molecule has 0 aliphatic heterocycles. The first-order chi connectivity index (χ1) is 14.7. The van der Waals surface area contributed by atoms with Gasteiger partial charge in [0.1, 0.15) is 5.75 Å². The van der Waals surface area contributed by atoms with Crippen molar-refractivity contribution in [2.75, 3.05) is 18.0 Å². The zero-order chi connectivity index (χ0) is 20.8. The van der Waals surface area contributed by atoms with Gasteiger partial charge in [0.2, 0.25) is 5.95 Å². The van der Waals surface area contributed by atoms with Crippen LogP contribution in [0.4, 0.5) is 5.95 Å². The summed E-state index contributed by atoms with van der Waals surface area (Å²) < 4.78 is 0. The molecule has 5 nitrogen and oxygen atoms in total. The van der Waals surface area contributed by atoms with Crippen LogP contribution in [0.15, 0.2) is 60.9 Å². The lowest BCUT2D eigenvalue weighted by Gasteiger charge is -2.22. The highest BCUT2D eigenvalue weighted by atomic mass is 16.3. The van der Waals surface area contributed by atoms with Crippen molar-refractivity contribution in [2.45, 2.75) is 39.3 Å². The second-order valence-corrected chi connectivity index (χ2v) is 8.05. The lowest BCUT2D eigenvalue weighted by molar-refractivity contribution is 0.464. The minimum absolute atomic E-state index is 0.324. The van der Waals surface area contributed by atoms with Crippen LogP contribution in [-0.4, -0.2) is 28.2 Å². The molecule has 0 amide bonds. The Hall–Kier alpha value is -2.92. The van der Waals surface area contributed by atoms with Crippen LogP contribution in [0, 0.1) is 5.92 Å². The number of hydrogen-bond donors (Lipinski definition) is 2. The van der Waals surface area contributed by atoms with Crippen LogP contribution >= 0.6 is 0 Å². The number of nitrogens with zero attached hydrogens (tertiary/aromatic N) is 3. The Morgan fingerprint density at radius 3 is 2.33 bits per heavy atom. The van der Waals surface area contributed by atoms with Gasteiger partial charge in [-0.2, -0.15) is 0 Å². The van der Waals surface area contributed by atoms with Crippen molar-refractivity contribution in [2.24, 2.45) is 5.92 Å². The molecule has 1 aromatic heterocycles. The maximum Gasteiger partial charge on any atom is 0.225 e. The Kier molecular flexibility index (Phi) is 6.60. The first-order valence-corrected chi connectivity index (χ1v) is 10.9. The molecule has 30 heavy (non-hydrogen) atoms. The molecule has 4 rings (SSSR count). The smallest absolute Gasteiger partial charge is 0.225 e. The van der Waals surface area contributed by atoms with Crippen LogP contribution in [0.5, 0.6) is 5.75 Å². The lowest BCUT2D eigenvalue weighted by Crippen LogP contribution is -2.28. The first-order valence-electron chi connectivity index (χ1n) is 10.9. The van der Waals surface area contributed by atoms with Crippen LogP contribution < -0.4 is 10.2 Å². The van der Waals surface area contributed by atoms with Gasteiger partial charge < -0.3 is 15.3 Å². The number of nitrogens with one attached hydrogen (secondary N) is 1. The van der Waals surface area contributed by atoms with Crippen LogP contribution in [0.3, 0.4) is 0 Å². The van der Waals surface area contributed by atoms with Crippen molar-refractivity contribution in [3.63, 3.8) is 0 Å². The van der Waals surface area contributed by atoms with E-state index >= 15 is 0 Å². The minimum Gasteiger partial charge on any atom is -0.508 e. The number of rotatable bonds is 10. The normalized spacial score (nSPS) is 13.4. The number of para-hydroxylation sites is 1. The molecule has 3 aromatic rings. The average Bonchev–Trinajstić information content (AvgIpc) is 3.60. The van der Waals surface area contributed by atoms with E-state index in [-0.39, 0.29) is 0 Å². The summed E-state index contributed by atoms with van der Waals surface area (Å²) in [6.45, 7) is 5.59. The van der Waals surface area contributed by atoms with Crippen LogP contribution in [-0.2, 0) is 13.1 Å². The van der Waals surface area contributed by atoms with Gasteiger partial charge in [0, 0.05) is 49.7 Å². The fraction of sp³-hybridized carbons (Fsp3) is 0.360. The van der Waals surface area contributed by atoms with Crippen LogP contribution in [0.1, 0.15) is 37.3 Å². The molecule has 0 atom stereocenters. The van der Waals surface area contributed by atoms with Crippen molar-refractivity contribution < 1.29 is 5.11 Å². The Morgan fingerprint density at radius 2 is 1.63 bits per heavy atom. The van der Waals surface area contributed by atoms with Gasteiger partial charge in [-0.15, -0.1) is 0 Å². The summed E-state index contributed by atoms with van der Waals surface area (Å²) in [5.41, 5.74) is 4.25. The predicted molar refractivity (Wildman–Crippen MR) is 121 cm³/mol. The summed E-state index contributed by atoms with van der Waals surface area (Å²) in [6, 6.07) is 15.8. The SMILES string of the molecule is CCCN(CC1CC1)c1ncc(-c2ccccc2CNCc2ccccc2O)cn1. The van der Waals surface area contributed by atoms with Crippen LogP contribution in [0.25, 0.3) is 11.1 Å². The van der Waals surface area contributed by atoms with E-state index in [9.17, 15) is 5.11 Å². The van der Waals surface area contributed by atoms with E-state index in [2.05, 4.69) is 29.3 Å². The number of phenols is 1. The summed E-state index contributed by atoms with van der Waals surface area (Å²) in [7, 11) is 0. The molecule has 0 saturated heterocycles. The largest absolute Gasteiger partial charge is 0.508 e. The molecule has 1 heterocycles. The van der Waals surface area contributed by atoms with Crippen molar-refractivity contribution in [3.05, 3.63) is 72.1 Å². The molecular weight excluding hydrogens is 372 g/mol. The van der Waals surface area contributed by atoms with Gasteiger partial charge in [-0.1, -0.05) is 49.4 Å². The Morgan fingerprint density at radius 1 is 0.967 bits per heavy atom. The van der Waals surface area contributed by atoms with Gasteiger partial charge >= 0.3 is 0 Å². The quantitative estimate of drug-likeness (QED) is 0.512. The van der Waals surface area contributed by atoms with Gasteiger partial charge in [-0.3, -0.25) is 0 Å². The molecule has 1 aliphatic carbocycles. The van der Waals surface area contributed by atoms with E-state index in [0.29, 0.717) is 18.8 Å². The molecule has 1 fully saturated rings. The number of anilines is 1. The number of aromatic nitrogens is 2. The van der Waals surface area contributed by atoms with E-state index in [1.54, 1.807) is 6.07 Å². The fourth-order valence-electron chi connectivity index (χ4n) is 3.73. The molecule has 5 heteroatoms. The Labute approximate surface area is 178 Å². The first kappa shape index (κ1) is 20.4. The summed E-state index contributed by atoms with van der Waals surface area (Å²) in [5, 5.41) is 13.4. The van der Waals surface area contributed by atoms with E-state index < -0.39 is 0 Å². The van der Waals surface area contributed by atoms with Gasteiger partial charge in [0.25, 0.3) is 0 Å². The molecule has 1 aliphatic rings. The highest BCUT2D eigenvalue weighted by Crippen LogP contribution is 2.31. The summed E-state index contributed by atoms with van der Waals surface area (Å²) in [4.78, 5) is 11.7. The number of benzene rings is 2. The monoisotopic (exact) mass is 402 g/mol. The van der Waals surface area contributed by atoms with Crippen LogP contribution in [0.2, 0.25) is 0 Å². The predicted octanol–water partition coefficient (Wildman–Crippen LogP) is 4.77. The maximum absolute atomic E-state index is 9.95. The zero-order valence-corrected chi connectivity index (χ0v) is 17.6. The minimum atomic E-state index is 0.324. The second kappa shape index (κ2) is 9.72. The third kappa shape index (κ3) is 5.16. The van der Waals surface area contributed by atoms with E-state index in [1.807, 2.05) is 42.7 Å². The van der Waals surface area contributed by atoms with Gasteiger partial charge in [-0.25, -0.2) is 9.97 Å². The van der Waals surface area contributed by atoms with E-state index in [0.717, 1.165) is 48.1 Å². The summed E-state index contributed by atoms with van der Waals surface area (Å²) in [5.74, 6) is 1.98. The number of hydrogen-bond acceptors (Lipinski definition) is 5. The Balaban J connectivity index is 1.45. The topological polar surface area (TPSA) is 61.3 Å². The average molecular weight is 403 g/mol. The molecule has 0 unspecified atom stereocenters. The van der Waals surface area contributed by atoms with Crippen molar-refractivity contribution in [1.82, 2.24) is 15.3 Å².